The fourth-order valence-corrected chi connectivity index (χ4v) is 1.75. The van der Waals surface area contributed by atoms with Crippen LogP contribution in [-0.4, -0.2) is 30.2 Å². The average Bonchev–Trinajstić information content (AvgIpc) is 2.82. The Morgan fingerprint density at radius 1 is 1.44 bits per heavy atom. The third-order valence-corrected chi connectivity index (χ3v) is 2.60. The first-order chi connectivity index (χ1) is 8.72. The standard InChI is InChI=1S/C12H13N3O3/c16-11(14-18)6-5-9-3-1-2-4-10(9)15-8-13-7-12(15)17/h1-6,13,18H,7-8H2,(H,14,16)/b6-5+. The van der Waals surface area contributed by atoms with Gasteiger partial charge in [-0.3, -0.25) is 25.0 Å². The number of hydroxylamine groups is 1. The van der Waals surface area contributed by atoms with E-state index in [2.05, 4.69) is 5.32 Å². The Hall–Kier alpha value is -2.18. The highest BCUT2D eigenvalue weighted by atomic mass is 16.5. The van der Waals surface area contributed by atoms with Crippen LogP contribution in [0.2, 0.25) is 0 Å². The summed E-state index contributed by atoms with van der Waals surface area (Å²) in [6, 6.07) is 7.24. The number of carbonyl (C=O) groups is 2. The molecule has 1 aromatic rings. The van der Waals surface area contributed by atoms with Crippen LogP contribution in [0.3, 0.4) is 0 Å². The molecule has 1 heterocycles. The topological polar surface area (TPSA) is 81.7 Å². The van der Waals surface area contributed by atoms with Crippen molar-refractivity contribution in [1.82, 2.24) is 10.8 Å². The van der Waals surface area contributed by atoms with Crippen LogP contribution in [0.25, 0.3) is 6.08 Å². The van der Waals surface area contributed by atoms with Crippen molar-refractivity contribution in [2.24, 2.45) is 0 Å². The lowest BCUT2D eigenvalue weighted by Crippen LogP contribution is -2.26. The second kappa shape index (κ2) is 5.44. The van der Waals surface area contributed by atoms with Crippen molar-refractivity contribution in [1.29, 1.82) is 0 Å². The van der Waals surface area contributed by atoms with E-state index in [1.54, 1.807) is 23.1 Å². The molecule has 0 saturated carbocycles. The first-order valence-electron chi connectivity index (χ1n) is 5.44. The summed E-state index contributed by atoms with van der Waals surface area (Å²) in [6.45, 7) is 0.769. The number of nitrogens with zero attached hydrogens (tertiary/aromatic N) is 1. The maximum absolute atomic E-state index is 11.6. The molecule has 94 valence electrons. The van der Waals surface area contributed by atoms with Crippen molar-refractivity contribution < 1.29 is 14.8 Å². The molecule has 6 nitrogen and oxygen atoms in total. The van der Waals surface area contributed by atoms with Gasteiger partial charge in [-0.1, -0.05) is 18.2 Å². The molecule has 1 aliphatic rings. The molecule has 2 amide bonds. The van der Waals surface area contributed by atoms with E-state index >= 15 is 0 Å². The lowest BCUT2D eigenvalue weighted by atomic mass is 10.1. The van der Waals surface area contributed by atoms with Crippen molar-refractivity contribution in [2.75, 3.05) is 18.1 Å². The Morgan fingerprint density at radius 2 is 2.22 bits per heavy atom. The molecule has 1 saturated heterocycles. The lowest BCUT2D eigenvalue weighted by Gasteiger charge is -2.17. The Balaban J connectivity index is 2.28. The maximum atomic E-state index is 11.6. The van der Waals surface area contributed by atoms with E-state index < -0.39 is 5.91 Å². The number of carbonyl (C=O) groups excluding carboxylic acids is 2. The highest BCUT2D eigenvalue weighted by molar-refractivity contribution is 5.99. The second-order valence-electron chi connectivity index (χ2n) is 3.77. The summed E-state index contributed by atoms with van der Waals surface area (Å²) in [4.78, 5) is 24.2. The van der Waals surface area contributed by atoms with Crippen LogP contribution in [0.1, 0.15) is 5.56 Å². The fourth-order valence-electron chi connectivity index (χ4n) is 1.75. The molecular formula is C12H13N3O3. The minimum Gasteiger partial charge on any atom is -0.297 e. The normalized spacial score (nSPS) is 15.4. The number of amides is 2. The molecule has 3 N–H and O–H groups in total. The van der Waals surface area contributed by atoms with Crippen molar-refractivity contribution in [3.63, 3.8) is 0 Å². The zero-order valence-electron chi connectivity index (χ0n) is 9.59. The largest absolute Gasteiger partial charge is 0.297 e. The number of hydrogen-bond acceptors (Lipinski definition) is 4. The molecule has 0 bridgehead atoms. The first kappa shape index (κ1) is 12.3. The number of hydrogen-bond donors (Lipinski definition) is 3. The summed E-state index contributed by atoms with van der Waals surface area (Å²) in [6.07, 6.45) is 2.75. The molecular weight excluding hydrogens is 234 g/mol. The quantitative estimate of drug-likeness (QED) is 0.402. The van der Waals surface area contributed by atoms with Gasteiger partial charge in [0.1, 0.15) is 0 Å². The molecule has 2 rings (SSSR count). The Labute approximate surface area is 104 Å². The predicted octanol–water partition coefficient (Wildman–Crippen LogP) is 0.0989. The summed E-state index contributed by atoms with van der Waals surface area (Å²) in [5, 5.41) is 11.4. The van der Waals surface area contributed by atoms with E-state index in [4.69, 9.17) is 5.21 Å². The molecule has 1 aromatic carbocycles. The molecule has 6 heteroatoms. The lowest BCUT2D eigenvalue weighted by molar-refractivity contribution is -0.124. The van der Waals surface area contributed by atoms with Gasteiger partial charge in [-0.2, -0.15) is 0 Å². The van der Waals surface area contributed by atoms with E-state index in [1.165, 1.54) is 11.6 Å². The summed E-state index contributed by atoms with van der Waals surface area (Å²) in [5.74, 6) is -0.627. The molecule has 1 fully saturated rings. The Bertz CT molecular complexity index is 499. The van der Waals surface area contributed by atoms with E-state index in [1.807, 2.05) is 12.1 Å². The van der Waals surface area contributed by atoms with Gasteiger partial charge in [0.2, 0.25) is 5.91 Å². The zero-order chi connectivity index (χ0) is 13.0. The summed E-state index contributed by atoms with van der Waals surface area (Å²) >= 11 is 0. The second-order valence-corrected chi connectivity index (χ2v) is 3.77. The van der Waals surface area contributed by atoms with Crippen LogP contribution in [0.5, 0.6) is 0 Å². The van der Waals surface area contributed by atoms with Crippen LogP contribution < -0.4 is 15.7 Å². The minimum absolute atomic E-state index is 0.0116. The summed E-state index contributed by atoms with van der Waals surface area (Å²) in [7, 11) is 0. The Morgan fingerprint density at radius 3 is 2.89 bits per heavy atom. The highest BCUT2D eigenvalue weighted by Gasteiger charge is 2.22. The van der Waals surface area contributed by atoms with E-state index in [-0.39, 0.29) is 5.91 Å². The van der Waals surface area contributed by atoms with Gasteiger partial charge in [0.15, 0.2) is 0 Å². The monoisotopic (exact) mass is 247 g/mol. The smallest absolute Gasteiger partial charge is 0.267 e. The van der Waals surface area contributed by atoms with Gasteiger partial charge in [-0.15, -0.1) is 0 Å². The number of para-hydroxylation sites is 1. The average molecular weight is 247 g/mol. The van der Waals surface area contributed by atoms with Crippen LogP contribution >= 0.6 is 0 Å². The van der Waals surface area contributed by atoms with Crippen LogP contribution in [0.4, 0.5) is 5.69 Å². The third-order valence-electron chi connectivity index (χ3n) is 2.60. The maximum Gasteiger partial charge on any atom is 0.267 e. The molecule has 0 aliphatic carbocycles. The van der Waals surface area contributed by atoms with Crippen LogP contribution in [0.15, 0.2) is 30.3 Å². The van der Waals surface area contributed by atoms with Crippen molar-refractivity contribution >= 4 is 23.6 Å². The van der Waals surface area contributed by atoms with Crippen molar-refractivity contribution in [3.8, 4) is 0 Å². The number of benzene rings is 1. The first-order valence-corrected chi connectivity index (χ1v) is 5.44. The van der Waals surface area contributed by atoms with Gasteiger partial charge < -0.3 is 0 Å². The van der Waals surface area contributed by atoms with E-state index in [9.17, 15) is 9.59 Å². The zero-order valence-corrected chi connectivity index (χ0v) is 9.59. The highest BCUT2D eigenvalue weighted by Crippen LogP contribution is 2.22. The SMILES string of the molecule is O=C(/C=C/c1ccccc1N1CNCC1=O)NO. The molecule has 0 unspecified atom stereocenters. The Kier molecular flexibility index (Phi) is 3.71. The summed E-state index contributed by atoms with van der Waals surface area (Å²) < 4.78 is 0. The number of nitrogens with one attached hydrogen (secondary N) is 2. The fraction of sp³-hybridized carbons (Fsp3) is 0.167. The molecule has 0 aromatic heterocycles. The molecule has 0 radical (unpaired) electrons. The van der Waals surface area contributed by atoms with Gasteiger partial charge in [0.25, 0.3) is 5.91 Å². The van der Waals surface area contributed by atoms with Gasteiger partial charge in [0, 0.05) is 6.08 Å². The molecule has 18 heavy (non-hydrogen) atoms. The van der Waals surface area contributed by atoms with Crippen molar-refractivity contribution in [2.45, 2.75) is 0 Å². The van der Waals surface area contributed by atoms with Crippen LogP contribution in [-0.2, 0) is 9.59 Å². The van der Waals surface area contributed by atoms with Gasteiger partial charge in [-0.25, -0.2) is 5.48 Å². The molecule has 1 aliphatic heterocycles. The number of anilines is 1. The van der Waals surface area contributed by atoms with Gasteiger partial charge >= 0.3 is 0 Å². The van der Waals surface area contributed by atoms with Crippen molar-refractivity contribution in [3.05, 3.63) is 35.9 Å². The van der Waals surface area contributed by atoms with E-state index in [0.29, 0.717) is 13.2 Å². The predicted molar refractivity (Wildman–Crippen MR) is 65.8 cm³/mol. The molecule has 0 atom stereocenters. The molecule has 0 spiro atoms. The van der Waals surface area contributed by atoms with Crippen LogP contribution in [0, 0.1) is 0 Å². The van der Waals surface area contributed by atoms with Gasteiger partial charge in [-0.05, 0) is 17.7 Å². The number of rotatable bonds is 3. The minimum atomic E-state index is -0.615. The van der Waals surface area contributed by atoms with Gasteiger partial charge in [0.05, 0.1) is 18.9 Å². The third kappa shape index (κ3) is 2.55. The summed E-state index contributed by atoms with van der Waals surface area (Å²) in [5.41, 5.74) is 2.98. The van der Waals surface area contributed by atoms with E-state index in [0.717, 1.165) is 11.3 Å².